The zero-order chi connectivity index (χ0) is 18.9. The van der Waals surface area contributed by atoms with Crippen molar-refractivity contribution in [1.82, 2.24) is 9.88 Å². The highest BCUT2D eigenvalue weighted by molar-refractivity contribution is 5.94. The first kappa shape index (κ1) is 22.3. The zero-order valence-corrected chi connectivity index (χ0v) is 17.2. The number of benzene rings is 1. The van der Waals surface area contributed by atoms with Crippen LogP contribution in [0.25, 0.3) is 0 Å². The lowest BCUT2D eigenvalue weighted by molar-refractivity contribution is 0.0571. The SMILES string of the molecule is CC(=O)c1cccc(OCCOCCN2CCCCC2c2cccnc2)c1.Cl. The quantitative estimate of drug-likeness (QED) is 0.460. The van der Waals surface area contributed by atoms with E-state index in [9.17, 15) is 4.79 Å². The molecule has 3 rings (SSSR count). The number of halogens is 1. The Morgan fingerprint density at radius 1 is 1.18 bits per heavy atom. The fraction of sp³-hybridized carbons (Fsp3) is 0.455. The summed E-state index contributed by atoms with van der Waals surface area (Å²) >= 11 is 0. The van der Waals surface area contributed by atoms with Gasteiger partial charge in [0.05, 0.1) is 13.2 Å². The highest BCUT2D eigenvalue weighted by atomic mass is 35.5. The predicted octanol–water partition coefficient (Wildman–Crippen LogP) is 4.33. The third-order valence-electron chi connectivity index (χ3n) is 4.94. The second-order valence-electron chi connectivity index (χ2n) is 6.88. The van der Waals surface area contributed by atoms with Crippen LogP contribution in [0.1, 0.15) is 48.1 Å². The number of hydrogen-bond donors (Lipinski definition) is 0. The van der Waals surface area contributed by atoms with E-state index >= 15 is 0 Å². The van der Waals surface area contributed by atoms with Crippen molar-refractivity contribution in [3.63, 3.8) is 0 Å². The van der Waals surface area contributed by atoms with Crippen molar-refractivity contribution >= 4 is 18.2 Å². The molecule has 0 amide bonds. The Kier molecular flexibility index (Phi) is 9.41. The minimum absolute atomic E-state index is 0. The lowest BCUT2D eigenvalue weighted by Crippen LogP contribution is -2.36. The number of ether oxygens (including phenoxy) is 2. The number of aromatic nitrogens is 1. The molecule has 0 aliphatic carbocycles. The van der Waals surface area contributed by atoms with Gasteiger partial charge in [-0.05, 0) is 50.1 Å². The van der Waals surface area contributed by atoms with Gasteiger partial charge in [-0.25, -0.2) is 0 Å². The van der Waals surface area contributed by atoms with Crippen molar-refractivity contribution in [1.29, 1.82) is 0 Å². The minimum atomic E-state index is 0. The number of ketones is 1. The van der Waals surface area contributed by atoms with Crippen LogP contribution in [-0.2, 0) is 4.74 Å². The van der Waals surface area contributed by atoms with Crippen LogP contribution in [0.2, 0.25) is 0 Å². The Balaban J connectivity index is 0.00000280. The molecule has 2 heterocycles. The first-order valence-electron chi connectivity index (χ1n) is 9.69. The van der Waals surface area contributed by atoms with Crippen molar-refractivity contribution in [3.05, 3.63) is 59.9 Å². The summed E-state index contributed by atoms with van der Waals surface area (Å²) in [7, 11) is 0. The van der Waals surface area contributed by atoms with Crippen LogP contribution in [0.15, 0.2) is 48.8 Å². The largest absolute Gasteiger partial charge is 0.491 e. The molecule has 1 aliphatic heterocycles. The monoisotopic (exact) mass is 404 g/mol. The van der Waals surface area contributed by atoms with Gasteiger partial charge in [-0.1, -0.05) is 24.6 Å². The number of nitrogens with zero attached hydrogens (tertiary/aromatic N) is 2. The van der Waals surface area contributed by atoms with Crippen molar-refractivity contribution < 1.29 is 14.3 Å². The van der Waals surface area contributed by atoms with Gasteiger partial charge in [-0.3, -0.25) is 14.7 Å². The van der Waals surface area contributed by atoms with E-state index in [1.165, 1.54) is 24.8 Å². The van der Waals surface area contributed by atoms with Gasteiger partial charge in [0.25, 0.3) is 0 Å². The fourth-order valence-corrected chi connectivity index (χ4v) is 3.52. The van der Waals surface area contributed by atoms with E-state index in [-0.39, 0.29) is 18.2 Å². The third kappa shape index (κ3) is 6.59. The van der Waals surface area contributed by atoms with Crippen molar-refractivity contribution in [2.75, 3.05) is 32.9 Å². The van der Waals surface area contributed by atoms with Crippen LogP contribution in [0.5, 0.6) is 5.75 Å². The molecule has 1 saturated heterocycles. The zero-order valence-electron chi connectivity index (χ0n) is 16.4. The van der Waals surface area contributed by atoms with Crippen LogP contribution < -0.4 is 4.74 Å². The van der Waals surface area contributed by atoms with Gasteiger partial charge >= 0.3 is 0 Å². The van der Waals surface area contributed by atoms with Crippen LogP contribution in [0.3, 0.4) is 0 Å². The molecule has 5 nitrogen and oxygen atoms in total. The van der Waals surface area contributed by atoms with Crippen molar-refractivity contribution in [3.8, 4) is 5.75 Å². The standard InChI is InChI=1S/C22H28N2O3.ClH/c1-18(25)19-6-4-8-21(16-19)27-15-14-26-13-12-24-11-3-2-9-22(24)20-7-5-10-23-17-20;/h4-8,10,16-17,22H,2-3,9,11-15H2,1H3;1H. The van der Waals surface area contributed by atoms with Gasteiger partial charge in [-0.2, -0.15) is 0 Å². The highest BCUT2D eigenvalue weighted by Gasteiger charge is 2.23. The van der Waals surface area contributed by atoms with Crippen molar-refractivity contribution in [2.24, 2.45) is 0 Å². The third-order valence-corrected chi connectivity index (χ3v) is 4.94. The second kappa shape index (κ2) is 11.8. The van der Waals surface area contributed by atoms with Crippen LogP contribution in [-0.4, -0.2) is 48.6 Å². The maximum atomic E-state index is 11.4. The lowest BCUT2D eigenvalue weighted by atomic mass is 9.96. The number of Topliss-reactive ketones (excluding diaryl/α,β-unsaturated/α-hetero) is 1. The molecule has 1 aromatic carbocycles. The normalized spacial score (nSPS) is 17.0. The van der Waals surface area contributed by atoms with E-state index in [0.29, 0.717) is 37.2 Å². The minimum Gasteiger partial charge on any atom is -0.491 e. The molecule has 28 heavy (non-hydrogen) atoms. The number of hydrogen-bond acceptors (Lipinski definition) is 5. The van der Waals surface area contributed by atoms with Gasteiger partial charge in [0.15, 0.2) is 5.78 Å². The topological polar surface area (TPSA) is 51.7 Å². The molecule has 0 spiro atoms. The fourth-order valence-electron chi connectivity index (χ4n) is 3.52. The summed E-state index contributed by atoms with van der Waals surface area (Å²) in [6.45, 7) is 5.29. The van der Waals surface area contributed by atoms with E-state index < -0.39 is 0 Å². The highest BCUT2D eigenvalue weighted by Crippen LogP contribution is 2.29. The number of rotatable bonds is 9. The Hall–Kier alpha value is -1.95. The predicted molar refractivity (Wildman–Crippen MR) is 112 cm³/mol. The second-order valence-corrected chi connectivity index (χ2v) is 6.88. The molecule has 0 N–H and O–H groups in total. The maximum absolute atomic E-state index is 11.4. The molecule has 0 saturated carbocycles. The summed E-state index contributed by atoms with van der Waals surface area (Å²) in [5, 5.41) is 0. The number of carbonyl (C=O) groups is 1. The molecular weight excluding hydrogens is 376 g/mol. The average molecular weight is 405 g/mol. The Morgan fingerprint density at radius 2 is 2.07 bits per heavy atom. The molecule has 0 radical (unpaired) electrons. The molecule has 1 unspecified atom stereocenters. The van der Waals surface area contributed by atoms with Crippen LogP contribution >= 0.6 is 12.4 Å². The van der Waals surface area contributed by atoms with Crippen LogP contribution in [0, 0.1) is 0 Å². The Bertz CT molecular complexity index is 727. The molecule has 0 bridgehead atoms. The van der Waals surface area contributed by atoms with E-state index in [0.717, 1.165) is 13.1 Å². The average Bonchev–Trinajstić information content (AvgIpc) is 2.72. The molecular formula is C22H29ClN2O3. The molecule has 1 aromatic heterocycles. The summed E-state index contributed by atoms with van der Waals surface area (Å²) in [4.78, 5) is 18.2. The summed E-state index contributed by atoms with van der Waals surface area (Å²) in [6.07, 6.45) is 7.50. The molecule has 2 aromatic rings. The molecule has 1 fully saturated rings. The van der Waals surface area contributed by atoms with Gasteiger partial charge in [0, 0.05) is 30.5 Å². The lowest BCUT2D eigenvalue weighted by Gasteiger charge is -2.35. The number of likely N-dealkylation sites (tertiary alicyclic amines) is 1. The van der Waals surface area contributed by atoms with Gasteiger partial charge in [0.1, 0.15) is 12.4 Å². The smallest absolute Gasteiger partial charge is 0.159 e. The summed E-state index contributed by atoms with van der Waals surface area (Å²) in [5.74, 6) is 0.750. The van der Waals surface area contributed by atoms with E-state index in [1.54, 1.807) is 19.1 Å². The van der Waals surface area contributed by atoms with E-state index in [1.807, 2.05) is 30.6 Å². The van der Waals surface area contributed by atoms with Crippen molar-refractivity contribution in [2.45, 2.75) is 32.2 Å². The summed E-state index contributed by atoms with van der Waals surface area (Å²) in [5.41, 5.74) is 1.96. The molecule has 6 heteroatoms. The molecule has 1 atom stereocenters. The van der Waals surface area contributed by atoms with Gasteiger partial charge < -0.3 is 9.47 Å². The summed E-state index contributed by atoms with van der Waals surface area (Å²) in [6, 6.07) is 11.9. The number of piperidine rings is 1. The van der Waals surface area contributed by atoms with Gasteiger partial charge in [0.2, 0.25) is 0 Å². The number of carbonyl (C=O) groups excluding carboxylic acids is 1. The Morgan fingerprint density at radius 3 is 2.86 bits per heavy atom. The Labute approximate surface area is 173 Å². The molecule has 1 aliphatic rings. The first-order chi connectivity index (χ1) is 13.2. The van der Waals surface area contributed by atoms with Crippen LogP contribution in [0.4, 0.5) is 0 Å². The molecule has 152 valence electrons. The first-order valence-corrected chi connectivity index (χ1v) is 9.69. The van der Waals surface area contributed by atoms with Gasteiger partial charge in [-0.15, -0.1) is 12.4 Å². The van der Waals surface area contributed by atoms with E-state index in [2.05, 4.69) is 16.0 Å². The maximum Gasteiger partial charge on any atom is 0.159 e. The van der Waals surface area contributed by atoms with E-state index in [4.69, 9.17) is 9.47 Å². The number of pyridine rings is 1. The summed E-state index contributed by atoms with van der Waals surface area (Å²) < 4.78 is 11.5.